The third-order valence-electron chi connectivity index (χ3n) is 7.35. The molecule has 2 aromatic rings. The van der Waals surface area contributed by atoms with Gasteiger partial charge in [-0.3, -0.25) is 9.59 Å². The SMILES string of the molecule is O=C1[C@@H]2[C@H](C(=O)N1/N=C\c1ccc(OCc3ccc(Cl)cc3)cc1)[C@H]1C=C[C@H]2C12CC2. The zero-order chi connectivity index (χ0) is 21.2. The molecule has 2 saturated carbocycles. The highest BCUT2D eigenvalue weighted by molar-refractivity contribution is 6.30. The van der Waals surface area contributed by atoms with E-state index in [2.05, 4.69) is 17.3 Å². The zero-order valence-electron chi connectivity index (χ0n) is 16.8. The number of ether oxygens (including phenoxy) is 1. The highest BCUT2D eigenvalue weighted by Crippen LogP contribution is 2.73. The molecule has 2 amide bonds. The minimum Gasteiger partial charge on any atom is -0.489 e. The zero-order valence-corrected chi connectivity index (χ0v) is 17.5. The molecule has 0 aromatic heterocycles. The summed E-state index contributed by atoms with van der Waals surface area (Å²) in [6, 6.07) is 14.9. The molecule has 4 atom stereocenters. The Hall–Kier alpha value is -2.92. The third kappa shape index (κ3) is 2.87. The predicted octanol–water partition coefficient (Wildman–Crippen LogP) is 4.45. The average molecular weight is 433 g/mol. The Morgan fingerprint density at radius 2 is 1.58 bits per heavy atom. The number of hydrazone groups is 1. The Bertz CT molecular complexity index is 1080. The van der Waals surface area contributed by atoms with Gasteiger partial charge in [-0.25, -0.2) is 0 Å². The van der Waals surface area contributed by atoms with Gasteiger partial charge in [0.05, 0.1) is 18.1 Å². The van der Waals surface area contributed by atoms with E-state index >= 15 is 0 Å². The lowest BCUT2D eigenvalue weighted by molar-refractivity contribution is -0.141. The van der Waals surface area contributed by atoms with Crippen LogP contribution in [0.3, 0.4) is 0 Å². The first-order valence-corrected chi connectivity index (χ1v) is 11.0. The summed E-state index contributed by atoms with van der Waals surface area (Å²) in [6.07, 6.45) is 8.18. The Kier molecular flexibility index (Phi) is 4.12. The van der Waals surface area contributed by atoms with Crippen molar-refractivity contribution in [2.45, 2.75) is 19.4 Å². The number of fused-ring (bicyclic) bond motifs is 3. The fourth-order valence-electron chi connectivity index (χ4n) is 5.70. The van der Waals surface area contributed by atoms with Crippen molar-refractivity contribution < 1.29 is 14.3 Å². The lowest BCUT2D eigenvalue weighted by Gasteiger charge is -2.18. The lowest BCUT2D eigenvalue weighted by Crippen LogP contribution is -2.30. The molecule has 0 radical (unpaired) electrons. The highest BCUT2D eigenvalue weighted by atomic mass is 35.5. The molecule has 3 aliphatic carbocycles. The van der Waals surface area contributed by atoms with Crippen molar-refractivity contribution in [2.75, 3.05) is 0 Å². The molecule has 1 heterocycles. The standard InChI is InChI=1S/C25H21ClN2O3/c26-17-5-1-16(2-6-17)14-31-18-7-3-15(4-8-18)13-27-28-23(29)21-19-9-10-20(22(21)24(28)30)25(19)11-12-25/h1-10,13,19-22H,11-12,14H2/b27-13-/t19-,20-,21-,22+/m1/s1. The molecule has 2 bridgehead atoms. The van der Waals surface area contributed by atoms with Crippen molar-refractivity contribution in [2.24, 2.45) is 34.2 Å². The molecule has 6 heteroatoms. The van der Waals surface area contributed by atoms with Crippen molar-refractivity contribution in [1.29, 1.82) is 0 Å². The molecule has 4 aliphatic rings. The largest absolute Gasteiger partial charge is 0.489 e. The van der Waals surface area contributed by atoms with Crippen LogP contribution < -0.4 is 4.74 Å². The lowest BCUT2D eigenvalue weighted by atomic mass is 9.85. The number of benzene rings is 2. The summed E-state index contributed by atoms with van der Waals surface area (Å²) >= 11 is 5.90. The number of rotatable bonds is 5. The van der Waals surface area contributed by atoms with Gasteiger partial charge in [0.25, 0.3) is 11.8 Å². The molecular weight excluding hydrogens is 412 g/mol. The Morgan fingerprint density at radius 1 is 0.968 bits per heavy atom. The number of hydrogen-bond acceptors (Lipinski definition) is 4. The molecule has 31 heavy (non-hydrogen) atoms. The summed E-state index contributed by atoms with van der Waals surface area (Å²) < 4.78 is 5.79. The number of carbonyl (C=O) groups excluding carboxylic acids is 2. The molecule has 6 rings (SSSR count). The van der Waals surface area contributed by atoms with Crippen LogP contribution in [0.4, 0.5) is 0 Å². The minimum atomic E-state index is -0.217. The number of halogens is 1. The van der Waals surface area contributed by atoms with E-state index in [1.54, 1.807) is 6.21 Å². The Balaban J connectivity index is 1.11. The Morgan fingerprint density at radius 3 is 2.16 bits per heavy atom. The molecule has 156 valence electrons. The van der Waals surface area contributed by atoms with Gasteiger partial charge >= 0.3 is 0 Å². The number of imide groups is 1. The number of carbonyl (C=O) groups is 2. The molecule has 5 nitrogen and oxygen atoms in total. The molecule has 1 spiro atoms. The fraction of sp³-hybridized carbons (Fsp3) is 0.320. The number of amides is 2. The fourth-order valence-corrected chi connectivity index (χ4v) is 5.82. The van der Waals surface area contributed by atoms with Gasteiger partial charge in [-0.2, -0.15) is 10.1 Å². The monoisotopic (exact) mass is 432 g/mol. The van der Waals surface area contributed by atoms with E-state index < -0.39 is 0 Å². The van der Waals surface area contributed by atoms with Crippen LogP contribution in [0.5, 0.6) is 5.75 Å². The third-order valence-corrected chi connectivity index (χ3v) is 7.60. The summed E-state index contributed by atoms with van der Waals surface area (Å²) in [5, 5.41) is 6.06. The first-order chi connectivity index (χ1) is 15.1. The molecule has 2 aromatic carbocycles. The molecule has 3 fully saturated rings. The second-order valence-electron chi connectivity index (χ2n) is 8.94. The first kappa shape index (κ1) is 18.8. The first-order valence-electron chi connectivity index (χ1n) is 10.6. The van der Waals surface area contributed by atoms with Crippen molar-refractivity contribution in [3.05, 3.63) is 76.8 Å². The van der Waals surface area contributed by atoms with E-state index in [9.17, 15) is 9.59 Å². The van der Waals surface area contributed by atoms with Gasteiger partial charge in [-0.1, -0.05) is 35.9 Å². The van der Waals surface area contributed by atoms with Crippen LogP contribution in [0.2, 0.25) is 5.02 Å². The van der Waals surface area contributed by atoms with Crippen LogP contribution in [0, 0.1) is 29.1 Å². The van der Waals surface area contributed by atoms with Crippen LogP contribution in [0.15, 0.2) is 65.8 Å². The van der Waals surface area contributed by atoms with E-state index in [0.29, 0.717) is 11.6 Å². The second-order valence-corrected chi connectivity index (χ2v) is 9.37. The van der Waals surface area contributed by atoms with Gasteiger partial charge in [0.15, 0.2) is 0 Å². The number of nitrogens with zero attached hydrogens (tertiary/aromatic N) is 2. The van der Waals surface area contributed by atoms with E-state index in [1.165, 1.54) is 0 Å². The van der Waals surface area contributed by atoms with Gasteiger partial charge in [0, 0.05) is 5.02 Å². The van der Waals surface area contributed by atoms with Crippen LogP contribution in [0.1, 0.15) is 24.0 Å². The van der Waals surface area contributed by atoms with Crippen LogP contribution in [0.25, 0.3) is 0 Å². The van der Waals surface area contributed by atoms with Gasteiger partial charge in [0.2, 0.25) is 0 Å². The maximum Gasteiger partial charge on any atom is 0.254 e. The summed E-state index contributed by atoms with van der Waals surface area (Å²) in [5.74, 6) is 0.450. The van der Waals surface area contributed by atoms with E-state index in [1.807, 2.05) is 48.5 Å². The maximum absolute atomic E-state index is 12.9. The van der Waals surface area contributed by atoms with Crippen LogP contribution >= 0.6 is 11.6 Å². The van der Waals surface area contributed by atoms with Gasteiger partial charge in [-0.05, 0) is 77.6 Å². The van der Waals surface area contributed by atoms with E-state index in [4.69, 9.17) is 16.3 Å². The van der Waals surface area contributed by atoms with Crippen LogP contribution in [-0.4, -0.2) is 23.0 Å². The summed E-state index contributed by atoms with van der Waals surface area (Å²) in [5.41, 5.74) is 2.04. The molecule has 0 unspecified atom stereocenters. The average Bonchev–Trinajstić information content (AvgIpc) is 3.38. The molecular formula is C25H21ClN2O3. The quantitative estimate of drug-likeness (QED) is 0.398. The van der Waals surface area contributed by atoms with Crippen molar-refractivity contribution in [1.82, 2.24) is 5.01 Å². The maximum atomic E-state index is 12.9. The van der Waals surface area contributed by atoms with Crippen molar-refractivity contribution in [3.63, 3.8) is 0 Å². The highest BCUT2D eigenvalue weighted by Gasteiger charge is 2.73. The summed E-state index contributed by atoms with van der Waals surface area (Å²) in [6.45, 7) is 0.446. The van der Waals surface area contributed by atoms with Gasteiger partial charge in [-0.15, -0.1) is 0 Å². The normalized spacial score (nSPS) is 29.4. The molecule has 1 saturated heterocycles. The topological polar surface area (TPSA) is 59.0 Å². The van der Waals surface area contributed by atoms with E-state index in [0.717, 1.165) is 34.7 Å². The van der Waals surface area contributed by atoms with Crippen molar-refractivity contribution >= 4 is 29.6 Å². The van der Waals surface area contributed by atoms with Crippen LogP contribution in [-0.2, 0) is 16.2 Å². The van der Waals surface area contributed by atoms with Gasteiger partial charge in [0.1, 0.15) is 12.4 Å². The smallest absolute Gasteiger partial charge is 0.254 e. The number of allylic oxidation sites excluding steroid dienone is 2. The molecule has 1 aliphatic heterocycles. The molecule has 0 N–H and O–H groups in total. The minimum absolute atomic E-state index is 0.141. The van der Waals surface area contributed by atoms with Crippen molar-refractivity contribution in [3.8, 4) is 5.75 Å². The number of hydrogen-bond donors (Lipinski definition) is 0. The summed E-state index contributed by atoms with van der Waals surface area (Å²) in [7, 11) is 0. The van der Waals surface area contributed by atoms with Gasteiger partial charge < -0.3 is 4.74 Å². The predicted molar refractivity (Wildman–Crippen MR) is 116 cm³/mol. The second kappa shape index (κ2) is 6.79. The summed E-state index contributed by atoms with van der Waals surface area (Å²) in [4.78, 5) is 25.9. The Labute approximate surface area is 185 Å². The van der Waals surface area contributed by atoms with E-state index in [-0.39, 0.29) is 40.9 Å².